The minimum Gasteiger partial charge on any atom is -0.462 e. The van der Waals surface area contributed by atoms with E-state index in [1.165, 1.54) is 16.7 Å². The number of benzene rings is 2. The molecule has 214 valence electrons. The van der Waals surface area contributed by atoms with Gasteiger partial charge in [0.05, 0.1) is 12.2 Å². The van der Waals surface area contributed by atoms with Crippen molar-refractivity contribution in [2.24, 2.45) is 0 Å². The van der Waals surface area contributed by atoms with E-state index in [2.05, 4.69) is 57.7 Å². The van der Waals surface area contributed by atoms with Crippen LogP contribution >= 0.6 is 0 Å². The summed E-state index contributed by atoms with van der Waals surface area (Å²) in [5.74, 6) is -0.260. The molecular formula is C32H47FN4O2. The molecule has 0 aliphatic carbocycles. The highest BCUT2D eigenvalue weighted by Gasteiger charge is 2.29. The number of ether oxygens (including phenoxy) is 1. The van der Waals surface area contributed by atoms with Crippen molar-refractivity contribution in [3.05, 3.63) is 70.8 Å². The van der Waals surface area contributed by atoms with Gasteiger partial charge >= 0.3 is 5.97 Å². The standard InChI is InChI=1S/C32H47FN4O2/c1-6-39-31(38)30-12-10-27(11-13-30)21-36-19-25(2)37(26(3)20-36)23-29-9-7-8-28(18-29)22-34-14-16-35(17-15-34)24-32(4,5)33/h7-13,18,25-26H,6,14-17,19-24H2,1-5H3/t25-,26?/m0/s1. The maximum absolute atomic E-state index is 14.0. The highest BCUT2D eigenvalue weighted by atomic mass is 19.1. The van der Waals surface area contributed by atoms with Gasteiger partial charge in [-0.05, 0) is 63.4 Å². The maximum atomic E-state index is 14.0. The zero-order valence-electron chi connectivity index (χ0n) is 24.5. The molecule has 6 nitrogen and oxygen atoms in total. The van der Waals surface area contributed by atoms with E-state index in [-0.39, 0.29) is 5.97 Å². The van der Waals surface area contributed by atoms with E-state index in [1.807, 2.05) is 31.2 Å². The van der Waals surface area contributed by atoms with Crippen LogP contribution in [0, 0.1) is 0 Å². The summed E-state index contributed by atoms with van der Waals surface area (Å²) in [6, 6.07) is 17.8. The number of alkyl halides is 1. The topological polar surface area (TPSA) is 39.3 Å². The molecule has 2 aromatic rings. The molecule has 2 aliphatic rings. The van der Waals surface area contributed by atoms with Crippen LogP contribution < -0.4 is 0 Å². The first kappa shape index (κ1) is 29.7. The van der Waals surface area contributed by atoms with Gasteiger partial charge < -0.3 is 4.74 Å². The molecule has 0 radical (unpaired) electrons. The number of carbonyl (C=O) groups is 1. The van der Waals surface area contributed by atoms with Crippen molar-refractivity contribution < 1.29 is 13.9 Å². The van der Waals surface area contributed by atoms with Gasteiger partial charge in [-0.25, -0.2) is 9.18 Å². The smallest absolute Gasteiger partial charge is 0.338 e. The van der Waals surface area contributed by atoms with Gasteiger partial charge in [0, 0.05) is 77.5 Å². The van der Waals surface area contributed by atoms with E-state index in [0.717, 1.165) is 58.9 Å². The van der Waals surface area contributed by atoms with Crippen LogP contribution in [0.5, 0.6) is 0 Å². The van der Waals surface area contributed by atoms with Crippen molar-refractivity contribution in [2.45, 2.75) is 72.0 Å². The molecule has 39 heavy (non-hydrogen) atoms. The lowest BCUT2D eigenvalue weighted by Crippen LogP contribution is -2.55. The highest BCUT2D eigenvalue weighted by Crippen LogP contribution is 2.22. The Hall–Kier alpha value is -2.32. The average molecular weight is 539 g/mol. The lowest BCUT2D eigenvalue weighted by atomic mass is 10.0. The summed E-state index contributed by atoms with van der Waals surface area (Å²) in [6.45, 7) is 19.4. The minimum absolute atomic E-state index is 0.260. The Morgan fingerprint density at radius 1 is 0.846 bits per heavy atom. The predicted molar refractivity (Wildman–Crippen MR) is 155 cm³/mol. The Morgan fingerprint density at radius 2 is 1.41 bits per heavy atom. The summed E-state index contributed by atoms with van der Waals surface area (Å²) in [7, 11) is 0. The van der Waals surface area contributed by atoms with Gasteiger partial charge in [-0.1, -0.05) is 36.4 Å². The number of hydrogen-bond acceptors (Lipinski definition) is 6. The molecule has 0 saturated carbocycles. The summed E-state index contributed by atoms with van der Waals surface area (Å²) in [6.07, 6.45) is 0. The Morgan fingerprint density at radius 3 is 2.00 bits per heavy atom. The molecule has 0 amide bonds. The summed E-state index contributed by atoms with van der Waals surface area (Å²) in [4.78, 5) is 21.8. The van der Waals surface area contributed by atoms with Crippen molar-refractivity contribution in [2.75, 3.05) is 52.4 Å². The first-order valence-corrected chi connectivity index (χ1v) is 14.5. The highest BCUT2D eigenvalue weighted by molar-refractivity contribution is 5.89. The van der Waals surface area contributed by atoms with Crippen molar-refractivity contribution in [3.63, 3.8) is 0 Å². The lowest BCUT2D eigenvalue weighted by molar-refractivity contribution is 0.0290. The second kappa shape index (κ2) is 13.4. The van der Waals surface area contributed by atoms with Crippen LogP contribution in [0.2, 0.25) is 0 Å². The molecule has 0 aromatic heterocycles. The number of hydrogen-bond donors (Lipinski definition) is 0. The van der Waals surface area contributed by atoms with Crippen molar-refractivity contribution in [1.29, 1.82) is 0 Å². The molecule has 2 aromatic carbocycles. The van der Waals surface area contributed by atoms with Crippen molar-refractivity contribution in [1.82, 2.24) is 19.6 Å². The van der Waals surface area contributed by atoms with E-state index in [0.29, 0.717) is 30.8 Å². The second-order valence-electron chi connectivity index (χ2n) is 12.1. The van der Waals surface area contributed by atoms with E-state index >= 15 is 0 Å². The Balaban J connectivity index is 1.27. The third-order valence-electron chi connectivity index (χ3n) is 7.88. The first-order valence-electron chi connectivity index (χ1n) is 14.5. The lowest BCUT2D eigenvalue weighted by Gasteiger charge is -2.44. The van der Waals surface area contributed by atoms with Crippen LogP contribution in [0.25, 0.3) is 0 Å². The minimum atomic E-state index is -1.13. The van der Waals surface area contributed by atoms with Crippen molar-refractivity contribution >= 4 is 5.97 Å². The van der Waals surface area contributed by atoms with Crippen LogP contribution in [0.1, 0.15) is 61.7 Å². The van der Waals surface area contributed by atoms with Crippen LogP contribution in [-0.4, -0.2) is 95.7 Å². The van der Waals surface area contributed by atoms with Gasteiger partial charge in [0.15, 0.2) is 0 Å². The molecule has 7 heteroatoms. The molecule has 0 N–H and O–H groups in total. The van der Waals surface area contributed by atoms with Crippen LogP contribution in [0.3, 0.4) is 0 Å². The molecule has 4 rings (SSSR count). The van der Waals surface area contributed by atoms with Gasteiger partial charge in [0.2, 0.25) is 0 Å². The second-order valence-corrected chi connectivity index (χ2v) is 12.1. The molecule has 2 heterocycles. The normalized spacial score (nSPS) is 22.2. The summed E-state index contributed by atoms with van der Waals surface area (Å²) in [5, 5.41) is 0. The fourth-order valence-electron chi connectivity index (χ4n) is 6.06. The van der Waals surface area contributed by atoms with Crippen molar-refractivity contribution in [3.8, 4) is 0 Å². The van der Waals surface area contributed by atoms with E-state index in [1.54, 1.807) is 13.8 Å². The van der Waals surface area contributed by atoms with Gasteiger partial charge in [0.25, 0.3) is 0 Å². The molecule has 0 bridgehead atoms. The van der Waals surface area contributed by atoms with Crippen LogP contribution in [-0.2, 0) is 24.4 Å². The number of carbonyl (C=O) groups excluding carboxylic acids is 1. The Bertz CT molecular complexity index is 1050. The molecular weight excluding hydrogens is 491 g/mol. The zero-order chi connectivity index (χ0) is 28.0. The maximum Gasteiger partial charge on any atom is 0.338 e. The van der Waals surface area contributed by atoms with Gasteiger partial charge in [-0.15, -0.1) is 0 Å². The first-order chi connectivity index (χ1) is 18.6. The summed E-state index contributed by atoms with van der Waals surface area (Å²) < 4.78 is 19.1. The van der Waals surface area contributed by atoms with Crippen LogP contribution in [0.15, 0.2) is 48.5 Å². The van der Waals surface area contributed by atoms with E-state index in [9.17, 15) is 9.18 Å². The monoisotopic (exact) mass is 538 g/mol. The Labute approximate surface area is 234 Å². The third-order valence-corrected chi connectivity index (χ3v) is 7.88. The van der Waals surface area contributed by atoms with E-state index < -0.39 is 5.67 Å². The number of halogens is 1. The number of piperazine rings is 2. The molecule has 2 fully saturated rings. The predicted octanol–water partition coefficient (Wildman–Crippen LogP) is 4.82. The Kier molecular flexibility index (Phi) is 10.2. The molecule has 2 atom stereocenters. The third kappa shape index (κ3) is 8.84. The summed E-state index contributed by atoms with van der Waals surface area (Å²) >= 11 is 0. The zero-order valence-corrected chi connectivity index (χ0v) is 24.5. The van der Waals surface area contributed by atoms with Gasteiger partial charge in [0.1, 0.15) is 5.67 Å². The molecule has 0 spiro atoms. The van der Waals surface area contributed by atoms with Gasteiger partial charge in [-0.3, -0.25) is 19.6 Å². The largest absolute Gasteiger partial charge is 0.462 e. The van der Waals surface area contributed by atoms with E-state index in [4.69, 9.17) is 4.74 Å². The number of nitrogens with zero attached hydrogens (tertiary/aromatic N) is 4. The fraction of sp³-hybridized carbons (Fsp3) is 0.594. The number of rotatable bonds is 10. The molecule has 2 aliphatic heterocycles. The fourth-order valence-corrected chi connectivity index (χ4v) is 6.06. The summed E-state index contributed by atoms with van der Waals surface area (Å²) in [5.41, 5.74) is 3.42. The van der Waals surface area contributed by atoms with Crippen LogP contribution in [0.4, 0.5) is 4.39 Å². The SMILES string of the molecule is CCOC(=O)c1ccc(CN2CC(C)N(Cc3cccc(CN4CCN(CC(C)(C)F)CC4)c3)[C@@H](C)C2)cc1. The van der Waals surface area contributed by atoms with Gasteiger partial charge in [-0.2, -0.15) is 0 Å². The number of esters is 1. The molecule has 2 saturated heterocycles. The molecule has 1 unspecified atom stereocenters. The quantitative estimate of drug-likeness (QED) is 0.404. The average Bonchev–Trinajstić information content (AvgIpc) is 2.87.